The van der Waals surface area contributed by atoms with Gasteiger partial charge in [-0.25, -0.2) is 0 Å². The predicted octanol–water partition coefficient (Wildman–Crippen LogP) is 2.54. The molecule has 7 heteroatoms. The van der Waals surface area contributed by atoms with Gasteiger partial charge < -0.3 is 14.4 Å². The molecule has 0 bridgehead atoms. The van der Waals surface area contributed by atoms with Crippen LogP contribution >= 0.6 is 0 Å². The maximum Gasteiger partial charge on any atom is 0.296 e. The molecule has 1 fully saturated rings. The van der Waals surface area contributed by atoms with Crippen molar-refractivity contribution in [1.29, 1.82) is 0 Å². The fourth-order valence-electron chi connectivity index (χ4n) is 3.66. The van der Waals surface area contributed by atoms with Gasteiger partial charge in [0.25, 0.3) is 11.9 Å². The second-order valence-corrected chi connectivity index (χ2v) is 7.37. The number of hydrogen-bond acceptors (Lipinski definition) is 6. The number of amides is 1. The van der Waals surface area contributed by atoms with Crippen LogP contribution in [0.3, 0.4) is 0 Å². The van der Waals surface area contributed by atoms with E-state index in [1.54, 1.807) is 31.4 Å². The number of rotatable bonds is 6. The van der Waals surface area contributed by atoms with Crippen molar-refractivity contribution in [1.82, 2.24) is 9.80 Å². The molecule has 1 unspecified atom stereocenters. The van der Waals surface area contributed by atoms with Crippen LogP contribution in [0, 0.1) is 0 Å². The van der Waals surface area contributed by atoms with Crippen molar-refractivity contribution in [3.05, 3.63) is 65.7 Å². The Kier molecular flexibility index (Phi) is 6.09. The van der Waals surface area contributed by atoms with Crippen LogP contribution in [-0.2, 0) is 9.53 Å². The van der Waals surface area contributed by atoms with E-state index in [2.05, 4.69) is 9.89 Å². The van der Waals surface area contributed by atoms with Crippen molar-refractivity contribution < 1.29 is 19.1 Å². The number of Topliss-reactive ketones (excluding diaryl/α,β-unsaturated/α-hetero) is 1. The van der Waals surface area contributed by atoms with Gasteiger partial charge in [0.1, 0.15) is 5.75 Å². The zero-order chi connectivity index (χ0) is 20.9. The fourth-order valence-corrected chi connectivity index (χ4v) is 3.66. The first-order valence-corrected chi connectivity index (χ1v) is 10.1. The quantitative estimate of drug-likeness (QED) is 0.686. The number of piperazine rings is 1. The highest BCUT2D eigenvalue weighted by Crippen LogP contribution is 2.25. The van der Waals surface area contributed by atoms with Crippen molar-refractivity contribution >= 4 is 17.7 Å². The van der Waals surface area contributed by atoms with Gasteiger partial charge >= 0.3 is 0 Å². The molecule has 0 N–H and O–H groups in total. The number of benzene rings is 2. The number of carbonyl (C=O) groups is 2. The molecule has 0 spiro atoms. The molecule has 2 aromatic carbocycles. The molecule has 0 radical (unpaired) electrons. The zero-order valence-electron chi connectivity index (χ0n) is 17.0. The van der Waals surface area contributed by atoms with E-state index in [4.69, 9.17) is 9.47 Å². The van der Waals surface area contributed by atoms with E-state index in [0.29, 0.717) is 37.6 Å². The number of aliphatic imine (C=N–C) groups is 1. The summed E-state index contributed by atoms with van der Waals surface area (Å²) in [4.78, 5) is 33.0. The summed E-state index contributed by atoms with van der Waals surface area (Å²) in [7, 11) is 1.61. The maximum atomic E-state index is 12.4. The Hall–Kier alpha value is -3.19. The summed E-state index contributed by atoms with van der Waals surface area (Å²) in [5.41, 5.74) is 1.52. The Morgan fingerprint density at radius 3 is 2.43 bits per heavy atom. The Balaban J connectivity index is 1.24. The number of methoxy groups -OCH3 is 1. The summed E-state index contributed by atoms with van der Waals surface area (Å²) in [6.07, 6.45) is -0.181. The van der Waals surface area contributed by atoms with Crippen molar-refractivity contribution in [2.24, 2.45) is 4.99 Å². The summed E-state index contributed by atoms with van der Waals surface area (Å²) < 4.78 is 11.0. The summed E-state index contributed by atoms with van der Waals surface area (Å²) in [5, 5.41) is 0. The van der Waals surface area contributed by atoms with Gasteiger partial charge in [-0.3, -0.25) is 14.5 Å². The Labute approximate surface area is 175 Å². The molecule has 2 aliphatic rings. The molecule has 30 heavy (non-hydrogen) atoms. The van der Waals surface area contributed by atoms with Crippen LogP contribution < -0.4 is 4.74 Å². The molecule has 4 rings (SSSR count). The van der Waals surface area contributed by atoms with Gasteiger partial charge in [0, 0.05) is 50.3 Å². The average molecular weight is 407 g/mol. The average Bonchev–Trinajstić information content (AvgIpc) is 3.20. The minimum absolute atomic E-state index is 0.125. The molecular weight excluding hydrogens is 382 g/mol. The number of amidine groups is 1. The molecule has 0 aliphatic carbocycles. The van der Waals surface area contributed by atoms with E-state index in [-0.39, 0.29) is 11.7 Å². The third kappa shape index (κ3) is 4.52. The third-order valence-corrected chi connectivity index (χ3v) is 5.47. The molecule has 1 atom stereocenters. The van der Waals surface area contributed by atoms with Crippen LogP contribution in [0.15, 0.2) is 59.6 Å². The minimum Gasteiger partial charge on any atom is -0.497 e. The number of ether oxygens (including phenoxy) is 2. The number of nitrogens with zero attached hydrogens (tertiary/aromatic N) is 3. The highest BCUT2D eigenvalue weighted by molar-refractivity contribution is 5.99. The lowest BCUT2D eigenvalue weighted by Gasteiger charge is -2.34. The lowest BCUT2D eigenvalue weighted by Crippen LogP contribution is -2.49. The molecule has 7 nitrogen and oxygen atoms in total. The molecule has 1 amide bonds. The van der Waals surface area contributed by atoms with Gasteiger partial charge in [-0.2, -0.15) is 4.99 Å². The van der Waals surface area contributed by atoms with Crippen LogP contribution in [0.4, 0.5) is 0 Å². The van der Waals surface area contributed by atoms with Crippen molar-refractivity contribution in [3.8, 4) is 5.75 Å². The van der Waals surface area contributed by atoms with Gasteiger partial charge in [-0.05, 0) is 24.3 Å². The van der Waals surface area contributed by atoms with E-state index in [0.717, 1.165) is 24.4 Å². The van der Waals surface area contributed by atoms with E-state index >= 15 is 0 Å². The fraction of sp³-hybridized carbons (Fsp3) is 0.348. The summed E-state index contributed by atoms with van der Waals surface area (Å²) in [6.45, 7) is 3.72. The Morgan fingerprint density at radius 1 is 1.07 bits per heavy atom. The number of hydrogen-bond donors (Lipinski definition) is 0. The topological polar surface area (TPSA) is 71.4 Å². The van der Waals surface area contributed by atoms with Gasteiger partial charge in [-0.15, -0.1) is 0 Å². The van der Waals surface area contributed by atoms with Gasteiger partial charge in [0.15, 0.2) is 5.78 Å². The highest BCUT2D eigenvalue weighted by atomic mass is 16.5. The summed E-state index contributed by atoms with van der Waals surface area (Å²) >= 11 is 0. The molecule has 2 aromatic rings. The second-order valence-electron chi connectivity index (χ2n) is 7.37. The first-order chi connectivity index (χ1) is 14.6. The largest absolute Gasteiger partial charge is 0.497 e. The number of carbonyl (C=O) groups excluding carboxylic acids is 2. The van der Waals surface area contributed by atoms with Crippen LogP contribution in [0.5, 0.6) is 5.75 Å². The minimum atomic E-state index is -0.652. The van der Waals surface area contributed by atoms with Crippen molar-refractivity contribution in [2.75, 3.05) is 39.8 Å². The smallest absolute Gasteiger partial charge is 0.296 e. The molecule has 156 valence electrons. The maximum absolute atomic E-state index is 12.4. The summed E-state index contributed by atoms with van der Waals surface area (Å²) in [6, 6.07) is 17.0. The van der Waals surface area contributed by atoms with E-state index in [1.807, 2.05) is 35.2 Å². The first-order valence-electron chi connectivity index (χ1n) is 10.1. The lowest BCUT2D eigenvalue weighted by molar-refractivity contribution is -0.123. The van der Waals surface area contributed by atoms with Crippen LogP contribution in [0.25, 0.3) is 0 Å². The molecule has 0 aromatic heterocycles. The molecule has 2 aliphatic heterocycles. The van der Waals surface area contributed by atoms with Gasteiger partial charge in [-0.1, -0.05) is 30.3 Å². The Bertz CT molecular complexity index is 919. The van der Waals surface area contributed by atoms with E-state index in [9.17, 15) is 9.59 Å². The first kappa shape index (κ1) is 20.1. The molecule has 1 saturated heterocycles. The van der Waals surface area contributed by atoms with Gasteiger partial charge in [0.2, 0.25) is 6.10 Å². The normalized spacial score (nSPS) is 19.4. The van der Waals surface area contributed by atoms with E-state index in [1.165, 1.54) is 0 Å². The third-order valence-electron chi connectivity index (χ3n) is 5.47. The second kappa shape index (κ2) is 9.09. The molecule has 2 heterocycles. The van der Waals surface area contributed by atoms with Crippen molar-refractivity contribution in [3.63, 3.8) is 0 Å². The standard InChI is InChI=1S/C23H25N3O4/c1-29-19-9-7-17(8-10-19)20(27)11-12-25-13-15-26(16-14-25)23-24-22(28)21(30-23)18-5-3-2-4-6-18/h2-10,21H,11-16H2,1H3. The monoisotopic (exact) mass is 407 g/mol. The van der Waals surface area contributed by atoms with Crippen molar-refractivity contribution in [2.45, 2.75) is 12.5 Å². The van der Waals surface area contributed by atoms with Crippen LogP contribution in [0.2, 0.25) is 0 Å². The highest BCUT2D eigenvalue weighted by Gasteiger charge is 2.34. The van der Waals surface area contributed by atoms with Crippen LogP contribution in [-0.4, -0.2) is 67.3 Å². The lowest BCUT2D eigenvalue weighted by atomic mass is 10.1. The van der Waals surface area contributed by atoms with Gasteiger partial charge in [0.05, 0.1) is 7.11 Å². The molecule has 0 saturated carbocycles. The number of ketones is 1. The molecular formula is C23H25N3O4. The Morgan fingerprint density at radius 2 is 1.77 bits per heavy atom. The SMILES string of the molecule is COc1ccc(C(=O)CCN2CCN(C3=NC(=O)C(c4ccccc4)O3)CC2)cc1. The summed E-state index contributed by atoms with van der Waals surface area (Å²) in [5.74, 6) is 0.608. The van der Waals surface area contributed by atoms with Crippen LogP contribution in [0.1, 0.15) is 28.4 Å². The zero-order valence-corrected chi connectivity index (χ0v) is 17.0. The predicted molar refractivity (Wildman–Crippen MR) is 113 cm³/mol. The van der Waals surface area contributed by atoms with E-state index < -0.39 is 6.10 Å².